The Balaban J connectivity index is 1.31. The lowest BCUT2D eigenvalue weighted by Gasteiger charge is -2.23. The van der Waals surface area contributed by atoms with Crippen LogP contribution in [0.3, 0.4) is 0 Å². The van der Waals surface area contributed by atoms with E-state index in [1.807, 2.05) is 60.7 Å². The quantitative estimate of drug-likeness (QED) is 0.120. The van der Waals surface area contributed by atoms with Crippen LogP contribution >= 0.6 is 0 Å². The van der Waals surface area contributed by atoms with Gasteiger partial charge in [0.25, 0.3) is 0 Å². The predicted molar refractivity (Wildman–Crippen MR) is 168 cm³/mol. The molecule has 1 heterocycles. The molecule has 0 saturated carbocycles. The molecule has 0 aliphatic heterocycles. The number of amides is 3. The molecule has 3 rings (SSSR count). The summed E-state index contributed by atoms with van der Waals surface area (Å²) in [6, 6.07) is 20.7. The molecule has 1 aromatic heterocycles. The molecule has 48 heavy (non-hydrogen) atoms. The molecule has 0 bridgehead atoms. The van der Waals surface area contributed by atoms with Crippen LogP contribution in [0.5, 0.6) is 11.8 Å². The van der Waals surface area contributed by atoms with Gasteiger partial charge in [-0.1, -0.05) is 60.7 Å². The van der Waals surface area contributed by atoms with Gasteiger partial charge in [0.05, 0.1) is 26.4 Å². The number of alkyl carbamates (subject to hydrolysis) is 2. The van der Waals surface area contributed by atoms with Crippen molar-refractivity contribution in [2.45, 2.75) is 13.2 Å². The molecule has 16 nitrogen and oxygen atoms in total. The van der Waals surface area contributed by atoms with Crippen molar-refractivity contribution in [2.75, 3.05) is 65.8 Å². The Morgan fingerprint density at radius 2 is 1.08 bits per heavy atom. The highest BCUT2D eigenvalue weighted by Gasteiger charge is 2.16. The minimum absolute atomic E-state index is 0.0486. The molecule has 0 aliphatic rings. The number of benzene rings is 2. The Kier molecular flexibility index (Phi) is 16.6. The van der Waals surface area contributed by atoms with Crippen LogP contribution in [0.25, 0.3) is 0 Å². The van der Waals surface area contributed by atoms with E-state index in [0.29, 0.717) is 4.73 Å². The van der Waals surface area contributed by atoms with Gasteiger partial charge in [-0.25, -0.2) is 14.4 Å². The number of hydrogen-bond donors (Lipinski definition) is 4. The van der Waals surface area contributed by atoms with E-state index in [1.165, 1.54) is 4.90 Å². The van der Waals surface area contributed by atoms with Gasteiger partial charge >= 0.3 is 18.2 Å². The first-order valence-electron chi connectivity index (χ1n) is 15.0. The van der Waals surface area contributed by atoms with E-state index in [4.69, 9.17) is 28.5 Å². The third-order valence-electron chi connectivity index (χ3n) is 6.26. The van der Waals surface area contributed by atoms with E-state index in [0.717, 1.165) is 23.3 Å². The van der Waals surface area contributed by atoms with Crippen LogP contribution in [-0.4, -0.2) is 110 Å². The number of carbonyl (C=O) groups excluding carboxylic acids is 4. The van der Waals surface area contributed by atoms with Crippen molar-refractivity contribution in [3.63, 3.8) is 0 Å². The third kappa shape index (κ3) is 14.8. The fraction of sp³-hybridized carbons (Fsp3) is 0.375. The average Bonchev–Trinajstić information content (AvgIpc) is 3.41. The fourth-order valence-corrected chi connectivity index (χ4v) is 3.86. The van der Waals surface area contributed by atoms with E-state index in [9.17, 15) is 29.4 Å². The van der Waals surface area contributed by atoms with Crippen LogP contribution in [0.1, 0.15) is 11.1 Å². The summed E-state index contributed by atoms with van der Waals surface area (Å²) in [6.07, 6.45) is -1.27. The molecule has 0 aliphatic carbocycles. The number of carbonyl (C=O) groups is 4. The SMILES string of the molecule is O=C(COCCOCCOCC(=O)N(CCNC(=O)OCc1ccccc1)CCNC(=O)OCc1ccccc1)On1c(O)ccc1O. The first-order chi connectivity index (χ1) is 23.3. The van der Waals surface area contributed by atoms with Gasteiger partial charge in [-0.15, -0.1) is 4.73 Å². The van der Waals surface area contributed by atoms with Crippen molar-refractivity contribution >= 4 is 24.1 Å². The molecule has 3 aromatic rings. The molecular weight excluding hydrogens is 632 g/mol. The third-order valence-corrected chi connectivity index (χ3v) is 6.26. The summed E-state index contributed by atoms with van der Waals surface area (Å²) < 4.78 is 26.9. The van der Waals surface area contributed by atoms with E-state index in [1.54, 1.807) is 0 Å². The number of nitrogens with zero attached hydrogens (tertiary/aromatic N) is 2. The highest BCUT2D eigenvalue weighted by atomic mass is 16.7. The van der Waals surface area contributed by atoms with Crippen LogP contribution in [0.4, 0.5) is 9.59 Å². The van der Waals surface area contributed by atoms with Gasteiger partial charge in [0.2, 0.25) is 17.7 Å². The highest BCUT2D eigenvalue weighted by molar-refractivity contribution is 5.77. The standard InChI is InChI=1S/C32H40N4O12/c37-27-11-12-28(38)36(27)48-30(40)24-45-20-18-43-17-19-44-23-29(39)35(15-13-33-31(41)46-21-25-7-3-1-4-8-25)16-14-34-32(42)47-22-26-9-5-2-6-10-26/h1-12,37-38H,13-24H2,(H,33,41)(H,34,42). The Morgan fingerprint density at radius 1 is 0.625 bits per heavy atom. The van der Waals surface area contributed by atoms with Crippen molar-refractivity contribution in [1.29, 1.82) is 0 Å². The second kappa shape index (κ2) is 21.5. The molecule has 0 radical (unpaired) electrons. The van der Waals surface area contributed by atoms with E-state index in [-0.39, 0.29) is 78.3 Å². The van der Waals surface area contributed by atoms with Gasteiger partial charge in [0.1, 0.15) is 26.4 Å². The summed E-state index contributed by atoms with van der Waals surface area (Å²) in [7, 11) is 0. The zero-order chi connectivity index (χ0) is 34.4. The second-order valence-corrected chi connectivity index (χ2v) is 9.88. The zero-order valence-electron chi connectivity index (χ0n) is 26.3. The summed E-state index contributed by atoms with van der Waals surface area (Å²) in [5, 5.41) is 24.1. The van der Waals surface area contributed by atoms with Crippen molar-refractivity contribution in [3.05, 3.63) is 83.9 Å². The average molecular weight is 673 g/mol. The van der Waals surface area contributed by atoms with Crippen LogP contribution in [0, 0.1) is 0 Å². The molecule has 0 atom stereocenters. The van der Waals surface area contributed by atoms with Gasteiger partial charge in [0, 0.05) is 38.3 Å². The monoisotopic (exact) mass is 672 g/mol. The molecule has 2 aromatic carbocycles. The molecule has 4 N–H and O–H groups in total. The van der Waals surface area contributed by atoms with Gasteiger partial charge in [-0.05, 0) is 11.1 Å². The summed E-state index contributed by atoms with van der Waals surface area (Å²) in [5.41, 5.74) is 1.67. The Labute approximate surface area is 277 Å². The lowest BCUT2D eigenvalue weighted by atomic mass is 10.2. The molecule has 260 valence electrons. The van der Waals surface area contributed by atoms with E-state index < -0.39 is 36.5 Å². The minimum Gasteiger partial charge on any atom is -0.492 e. The highest BCUT2D eigenvalue weighted by Crippen LogP contribution is 2.18. The zero-order valence-corrected chi connectivity index (χ0v) is 26.3. The number of ether oxygens (including phenoxy) is 5. The molecule has 0 spiro atoms. The molecular formula is C32H40N4O12. The maximum Gasteiger partial charge on any atom is 0.407 e. The smallest absolute Gasteiger partial charge is 0.407 e. The summed E-state index contributed by atoms with van der Waals surface area (Å²) in [4.78, 5) is 55.0. The van der Waals surface area contributed by atoms with Crippen LogP contribution < -0.4 is 15.5 Å². The Bertz CT molecular complexity index is 1320. The topological polar surface area (TPSA) is 196 Å². The van der Waals surface area contributed by atoms with Crippen LogP contribution in [0.2, 0.25) is 0 Å². The normalized spacial score (nSPS) is 10.6. The summed E-state index contributed by atoms with van der Waals surface area (Å²) >= 11 is 0. The lowest BCUT2D eigenvalue weighted by molar-refractivity contribution is -0.151. The maximum atomic E-state index is 12.9. The van der Waals surface area contributed by atoms with Gasteiger partial charge < -0.3 is 54.3 Å². The maximum absolute atomic E-state index is 12.9. The van der Waals surface area contributed by atoms with Gasteiger partial charge in [-0.2, -0.15) is 0 Å². The molecule has 3 amide bonds. The van der Waals surface area contributed by atoms with Crippen LogP contribution in [-0.2, 0) is 46.5 Å². The fourth-order valence-electron chi connectivity index (χ4n) is 3.86. The van der Waals surface area contributed by atoms with Crippen molar-refractivity contribution in [1.82, 2.24) is 20.3 Å². The van der Waals surface area contributed by atoms with E-state index in [2.05, 4.69) is 10.6 Å². The second-order valence-electron chi connectivity index (χ2n) is 9.88. The van der Waals surface area contributed by atoms with E-state index >= 15 is 0 Å². The summed E-state index contributed by atoms with van der Waals surface area (Å²) in [5.74, 6) is -2.12. The van der Waals surface area contributed by atoms with Crippen molar-refractivity contribution in [3.8, 4) is 11.8 Å². The molecule has 16 heteroatoms. The summed E-state index contributed by atoms with van der Waals surface area (Å²) in [6.45, 7) is 0.326. The molecule has 0 unspecified atom stereocenters. The largest absolute Gasteiger partial charge is 0.492 e. The number of hydrogen-bond acceptors (Lipinski definition) is 12. The van der Waals surface area contributed by atoms with Crippen molar-refractivity contribution in [2.24, 2.45) is 0 Å². The Hall–Kier alpha value is -5.32. The molecule has 0 saturated heterocycles. The van der Waals surface area contributed by atoms with Gasteiger partial charge in [-0.3, -0.25) is 4.79 Å². The molecule has 0 fully saturated rings. The number of rotatable bonds is 21. The number of nitrogens with one attached hydrogen (secondary N) is 2. The number of aromatic nitrogens is 1. The predicted octanol–water partition coefficient (Wildman–Crippen LogP) is 1.59. The van der Waals surface area contributed by atoms with Crippen molar-refractivity contribution < 1.29 is 57.9 Å². The Morgan fingerprint density at radius 3 is 1.58 bits per heavy atom. The first-order valence-corrected chi connectivity index (χ1v) is 15.0. The minimum atomic E-state index is -0.846. The number of aromatic hydroxyl groups is 2. The van der Waals surface area contributed by atoms with Gasteiger partial charge in [0.15, 0.2) is 0 Å². The first kappa shape index (κ1) is 37.1. The lowest BCUT2D eigenvalue weighted by Crippen LogP contribution is -2.44. The van der Waals surface area contributed by atoms with Crippen LogP contribution in [0.15, 0.2) is 72.8 Å².